The first-order chi connectivity index (χ1) is 37.8. The van der Waals surface area contributed by atoms with E-state index in [1.165, 1.54) is 161 Å². The van der Waals surface area contributed by atoms with E-state index in [0.29, 0.717) is 12.8 Å². The van der Waals surface area contributed by atoms with E-state index in [4.69, 9.17) is 28.4 Å². The van der Waals surface area contributed by atoms with E-state index in [9.17, 15) is 61.0 Å². The first kappa shape index (κ1) is 71.1. The number of hydrogen-bond donors (Lipinski definition) is 12. The highest BCUT2D eigenvalue weighted by Crippen LogP contribution is 2.33. The highest BCUT2D eigenvalue weighted by molar-refractivity contribution is 5.76. The predicted octanol–water partition coefficient (Wildman–Crippen LogP) is 5.99. The van der Waals surface area contributed by atoms with Crippen molar-refractivity contribution in [1.82, 2.24) is 5.32 Å². The smallest absolute Gasteiger partial charge is 0.220 e. The number of rotatable bonds is 47. The lowest BCUT2D eigenvalue weighted by atomic mass is 9.96. The fourth-order valence-corrected chi connectivity index (χ4v) is 11.0. The van der Waals surface area contributed by atoms with Crippen LogP contribution in [-0.4, -0.2) is 193 Å². The molecule has 3 aliphatic rings. The number of carbonyl (C=O) groups is 1. The van der Waals surface area contributed by atoms with Gasteiger partial charge in [0.2, 0.25) is 5.91 Å². The van der Waals surface area contributed by atoms with Gasteiger partial charge in [0.25, 0.3) is 0 Å². The average molecular weight is 1120 g/mol. The normalized spacial score (nSPS) is 30.4. The zero-order valence-corrected chi connectivity index (χ0v) is 48.2. The van der Waals surface area contributed by atoms with E-state index < -0.39 is 124 Å². The summed E-state index contributed by atoms with van der Waals surface area (Å²) in [4.78, 5) is 13.3. The van der Waals surface area contributed by atoms with Crippen molar-refractivity contribution < 1.29 is 89.4 Å². The average Bonchev–Trinajstić information content (AvgIpc) is 3.46. The van der Waals surface area contributed by atoms with Crippen molar-refractivity contribution >= 4 is 5.91 Å². The van der Waals surface area contributed by atoms with Crippen LogP contribution in [0.4, 0.5) is 0 Å². The van der Waals surface area contributed by atoms with Gasteiger partial charge in [-0.3, -0.25) is 4.79 Å². The SMILES string of the molecule is CCCCCCCCCCCCCCCCCCCCCC(O)C(COC1OC(CO)C(OC2OC(CO)C(OC3OC(CO)C(O)C(O)C3O)C(O)C2O)C(O)C1O)NC(=O)CCCCCCCCCCCCCCCC. The number of unbranched alkanes of at least 4 members (excludes halogenated alkanes) is 31. The van der Waals surface area contributed by atoms with E-state index in [1.807, 2.05) is 0 Å². The first-order valence-corrected chi connectivity index (χ1v) is 31.3. The molecule has 0 radical (unpaired) electrons. The number of amides is 1. The molecule has 3 fully saturated rings. The zero-order valence-electron chi connectivity index (χ0n) is 48.2. The third-order valence-electron chi connectivity index (χ3n) is 16.2. The van der Waals surface area contributed by atoms with Crippen molar-refractivity contribution in [3.8, 4) is 0 Å². The minimum absolute atomic E-state index is 0.239. The van der Waals surface area contributed by atoms with Gasteiger partial charge in [-0.1, -0.05) is 219 Å². The second-order valence-electron chi connectivity index (χ2n) is 22.9. The van der Waals surface area contributed by atoms with Gasteiger partial charge in [-0.25, -0.2) is 0 Å². The molecule has 17 unspecified atom stereocenters. The van der Waals surface area contributed by atoms with E-state index in [1.54, 1.807) is 0 Å². The van der Waals surface area contributed by atoms with Crippen molar-refractivity contribution in [1.29, 1.82) is 0 Å². The summed E-state index contributed by atoms with van der Waals surface area (Å²) in [6, 6.07) is -0.880. The Morgan fingerprint density at radius 2 is 0.731 bits per heavy atom. The molecule has 0 aliphatic carbocycles. The van der Waals surface area contributed by atoms with Crippen LogP contribution in [0.25, 0.3) is 0 Å². The number of hydrogen-bond acceptors (Lipinski definition) is 18. The highest BCUT2D eigenvalue weighted by atomic mass is 16.8. The van der Waals surface area contributed by atoms with E-state index >= 15 is 0 Å². The van der Waals surface area contributed by atoms with Crippen LogP contribution in [0.3, 0.4) is 0 Å². The van der Waals surface area contributed by atoms with E-state index in [2.05, 4.69) is 19.2 Å². The number of aliphatic hydroxyl groups excluding tert-OH is 11. The van der Waals surface area contributed by atoms with Crippen molar-refractivity contribution in [3.63, 3.8) is 0 Å². The maximum atomic E-state index is 13.3. The molecule has 0 saturated carbocycles. The van der Waals surface area contributed by atoms with Crippen LogP contribution < -0.4 is 5.32 Å². The van der Waals surface area contributed by atoms with Gasteiger partial charge in [0.15, 0.2) is 18.9 Å². The Morgan fingerprint density at radius 3 is 1.12 bits per heavy atom. The monoisotopic (exact) mass is 1120 g/mol. The number of aliphatic hydroxyl groups is 11. The molecule has 0 aromatic heterocycles. The molecule has 78 heavy (non-hydrogen) atoms. The molecule has 0 bridgehead atoms. The van der Waals surface area contributed by atoms with Gasteiger partial charge in [0.1, 0.15) is 73.2 Å². The van der Waals surface area contributed by atoms with Gasteiger partial charge in [-0.2, -0.15) is 0 Å². The Kier molecular flexibility index (Phi) is 39.6. The van der Waals surface area contributed by atoms with Gasteiger partial charge in [-0.15, -0.1) is 0 Å². The Balaban J connectivity index is 1.48. The third-order valence-corrected chi connectivity index (χ3v) is 16.2. The summed E-state index contributed by atoms with van der Waals surface area (Å²) in [6.45, 7) is 1.81. The third kappa shape index (κ3) is 27.0. The fourth-order valence-electron chi connectivity index (χ4n) is 11.0. The van der Waals surface area contributed by atoms with Crippen LogP contribution in [-0.2, 0) is 33.2 Å². The minimum atomic E-state index is -1.97. The molecule has 19 nitrogen and oxygen atoms in total. The number of carbonyl (C=O) groups excluding carboxylic acids is 1. The summed E-state index contributed by atoms with van der Waals surface area (Å²) in [6.07, 6.45) is 14.7. The van der Waals surface area contributed by atoms with Crippen molar-refractivity contribution in [3.05, 3.63) is 0 Å². The molecule has 17 atom stereocenters. The van der Waals surface area contributed by atoms with Crippen LogP contribution in [0.5, 0.6) is 0 Å². The molecule has 0 aromatic carbocycles. The van der Waals surface area contributed by atoms with Gasteiger partial charge in [0.05, 0.1) is 38.6 Å². The molecule has 3 rings (SSSR count). The molecule has 0 aromatic rings. The lowest BCUT2D eigenvalue weighted by Crippen LogP contribution is -2.66. The molecule has 1 amide bonds. The standard InChI is InChI=1S/C59H113NO18/c1-3-5-7-9-11-13-15-17-19-20-21-22-23-24-26-28-30-32-34-36-43(64)42(60-47(65)37-35-33-31-29-27-25-18-16-14-12-10-8-6-4-2)41-73-57-53(71)50(68)55(45(39-62)75-57)78-59-54(72)51(69)56(46(40-63)76-59)77-58-52(70)49(67)48(66)44(38-61)74-58/h42-46,48-59,61-64,66-72H,3-41H2,1-2H3,(H,60,65). The number of nitrogens with one attached hydrogen (secondary N) is 1. The van der Waals surface area contributed by atoms with Gasteiger partial charge < -0.3 is 89.9 Å². The van der Waals surface area contributed by atoms with Gasteiger partial charge in [-0.05, 0) is 12.8 Å². The molecule has 0 spiro atoms. The molecule has 3 saturated heterocycles. The zero-order chi connectivity index (χ0) is 56.9. The second kappa shape index (κ2) is 43.4. The van der Waals surface area contributed by atoms with Crippen molar-refractivity contribution in [2.75, 3.05) is 26.4 Å². The Labute approximate surface area is 468 Å². The summed E-state index contributed by atoms with van der Waals surface area (Å²) < 4.78 is 34.3. The molecule has 462 valence electrons. The first-order valence-electron chi connectivity index (χ1n) is 31.3. The summed E-state index contributed by atoms with van der Waals surface area (Å²) >= 11 is 0. The van der Waals surface area contributed by atoms with E-state index in [-0.39, 0.29) is 18.9 Å². The fraction of sp³-hybridized carbons (Fsp3) is 0.983. The van der Waals surface area contributed by atoms with Crippen LogP contribution in [0.1, 0.15) is 239 Å². The van der Waals surface area contributed by atoms with Crippen molar-refractivity contribution in [2.45, 2.75) is 343 Å². The lowest BCUT2D eigenvalue weighted by molar-refractivity contribution is -0.379. The second-order valence-corrected chi connectivity index (χ2v) is 22.9. The molecule has 3 aliphatic heterocycles. The molecule has 12 N–H and O–H groups in total. The van der Waals surface area contributed by atoms with Gasteiger partial charge >= 0.3 is 0 Å². The van der Waals surface area contributed by atoms with Crippen LogP contribution in [0, 0.1) is 0 Å². The maximum Gasteiger partial charge on any atom is 0.220 e. The maximum absolute atomic E-state index is 13.3. The molecular formula is C59H113NO18. The Hall–Kier alpha value is -1.21. The van der Waals surface area contributed by atoms with Crippen LogP contribution >= 0.6 is 0 Å². The molecular weight excluding hydrogens is 1010 g/mol. The quantitative estimate of drug-likeness (QED) is 0.0312. The summed E-state index contributed by atoms with van der Waals surface area (Å²) in [5, 5.41) is 120. The number of ether oxygens (including phenoxy) is 6. The van der Waals surface area contributed by atoms with Gasteiger partial charge in [0, 0.05) is 6.42 Å². The summed E-state index contributed by atoms with van der Waals surface area (Å²) in [5.74, 6) is -0.239. The predicted molar refractivity (Wildman–Crippen MR) is 296 cm³/mol. The Bertz CT molecular complexity index is 1440. The lowest BCUT2D eigenvalue weighted by Gasteiger charge is -2.48. The van der Waals surface area contributed by atoms with E-state index in [0.717, 1.165) is 44.9 Å². The molecule has 19 heteroatoms. The Morgan fingerprint density at radius 1 is 0.410 bits per heavy atom. The minimum Gasteiger partial charge on any atom is -0.394 e. The summed E-state index contributed by atoms with van der Waals surface area (Å²) in [7, 11) is 0. The van der Waals surface area contributed by atoms with Crippen LogP contribution in [0.2, 0.25) is 0 Å². The largest absolute Gasteiger partial charge is 0.394 e. The highest BCUT2D eigenvalue weighted by Gasteiger charge is 2.53. The topological polar surface area (TPSA) is 307 Å². The van der Waals surface area contributed by atoms with Crippen molar-refractivity contribution in [2.24, 2.45) is 0 Å². The summed E-state index contributed by atoms with van der Waals surface area (Å²) in [5.41, 5.74) is 0. The molecule has 3 heterocycles. The van der Waals surface area contributed by atoms with Crippen LogP contribution in [0.15, 0.2) is 0 Å².